The van der Waals surface area contributed by atoms with Gasteiger partial charge in [-0.15, -0.1) is 0 Å². The maximum Gasteiger partial charge on any atom is 0.161 e. The zero-order valence-electron chi connectivity index (χ0n) is 10.3. The fraction of sp³-hybridized carbons (Fsp3) is 0.538. The maximum absolute atomic E-state index is 5.54. The summed E-state index contributed by atoms with van der Waals surface area (Å²) < 4.78 is 11.0. The van der Waals surface area contributed by atoms with Crippen LogP contribution < -0.4 is 20.1 Å². The van der Waals surface area contributed by atoms with E-state index in [0.717, 1.165) is 37.7 Å². The summed E-state index contributed by atoms with van der Waals surface area (Å²) in [5, 5.41) is 6.66. The molecule has 2 rings (SSSR count). The molecule has 0 aliphatic carbocycles. The Labute approximate surface area is 102 Å². The van der Waals surface area contributed by atoms with Crippen LogP contribution in [0.3, 0.4) is 0 Å². The highest BCUT2D eigenvalue weighted by molar-refractivity contribution is 5.43. The molecule has 4 nitrogen and oxygen atoms in total. The molecule has 0 aromatic heterocycles. The van der Waals surface area contributed by atoms with Gasteiger partial charge in [-0.1, -0.05) is 13.0 Å². The second kappa shape index (κ2) is 6.47. The highest BCUT2D eigenvalue weighted by Gasteiger charge is 2.11. The number of hydrogen-bond acceptors (Lipinski definition) is 4. The van der Waals surface area contributed by atoms with E-state index >= 15 is 0 Å². The molecule has 1 aromatic carbocycles. The van der Waals surface area contributed by atoms with Gasteiger partial charge in [0.1, 0.15) is 13.2 Å². The molecule has 1 aromatic rings. The lowest BCUT2D eigenvalue weighted by molar-refractivity contribution is 0.171. The van der Waals surface area contributed by atoms with Gasteiger partial charge in [0.2, 0.25) is 0 Å². The van der Waals surface area contributed by atoms with Crippen LogP contribution in [0.2, 0.25) is 0 Å². The van der Waals surface area contributed by atoms with Gasteiger partial charge < -0.3 is 20.1 Å². The number of fused-ring (bicyclic) bond motifs is 1. The van der Waals surface area contributed by atoms with E-state index in [1.165, 1.54) is 5.56 Å². The van der Waals surface area contributed by atoms with Crippen LogP contribution in [0.4, 0.5) is 0 Å². The van der Waals surface area contributed by atoms with E-state index in [0.29, 0.717) is 13.2 Å². The number of nitrogens with one attached hydrogen (secondary N) is 2. The van der Waals surface area contributed by atoms with Gasteiger partial charge in [-0.05, 0) is 24.2 Å². The van der Waals surface area contributed by atoms with E-state index < -0.39 is 0 Å². The molecule has 0 fully saturated rings. The molecule has 0 unspecified atom stereocenters. The number of ether oxygens (including phenoxy) is 2. The number of likely N-dealkylation sites (N-methyl/N-ethyl adjacent to an activating group) is 1. The van der Waals surface area contributed by atoms with Crippen LogP contribution in [0.1, 0.15) is 12.5 Å². The summed E-state index contributed by atoms with van der Waals surface area (Å²) >= 11 is 0. The molecule has 0 saturated heterocycles. The molecule has 0 atom stereocenters. The zero-order valence-corrected chi connectivity index (χ0v) is 10.3. The topological polar surface area (TPSA) is 42.5 Å². The number of hydrogen-bond donors (Lipinski definition) is 2. The van der Waals surface area contributed by atoms with Crippen LogP contribution in [-0.4, -0.2) is 32.8 Å². The second-order valence-electron chi connectivity index (χ2n) is 4.01. The minimum Gasteiger partial charge on any atom is -0.486 e. The molecule has 0 spiro atoms. The molecule has 0 saturated carbocycles. The van der Waals surface area contributed by atoms with Crippen molar-refractivity contribution in [3.05, 3.63) is 23.8 Å². The first-order valence-corrected chi connectivity index (χ1v) is 6.20. The van der Waals surface area contributed by atoms with E-state index in [9.17, 15) is 0 Å². The van der Waals surface area contributed by atoms with E-state index in [1.54, 1.807) is 0 Å². The Morgan fingerprint density at radius 2 is 1.82 bits per heavy atom. The monoisotopic (exact) mass is 236 g/mol. The van der Waals surface area contributed by atoms with Crippen LogP contribution in [0.25, 0.3) is 0 Å². The Morgan fingerprint density at radius 1 is 1.06 bits per heavy atom. The third-order valence-electron chi connectivity index (χ3n) is 2.66. The molecule has 0 amide bonds. The number of rotatable bonds is 6. The third kappa shape index (κ3) is 3.61. The van der Waals surface area contributed by atoms with E-state index in [2.05, 4.69) is 29.7 Å². The lowest BCUT2D eigenvalue weighted by Crippen LogP contribution is -2.26. The van der Waals surface area contributed by atoms with Gasteiger partial charge in [-0.2, -0.15) is 0 Å². The Morgan fingerprint density at radius 3 is 2.65 bits per heavy atom. The highest BCUT2D eigenvalue weighted by atomic mass is 16.6. The first-order chi connectivity index (χ1) is 8.40. The maximum atomic E-state index is 5.54. The fourth-order valence-corrected chi connectivity index (χ4v) is 1.78. The standard InChI is InChI=1S/C13H20N2O2/c1-2-14-5-6-15-10-11-3-4-12-13(9-11)17-8-7-16-12/h3-4,9,14-15H,2,5-8,10H2,1H3. The molecule has 1 aliphatic rings. The first kappa shape index (κ1) is 12.2. The minimum atomic E-state index is 0.643. The van der Waals surface area contributed by atoms with Crippen molar-refractivity contribution in [2.24, 2.45) is 0 Å². The summed E-state index contributed by atoms with van der Waals surface area (Å²) in [6.07, 6.45) is 0. The summed E-state index contributed by atoms with van der Waals surface area (Å²) in [5.74, 6) is 1.72. The quantitative estimate of drug-likeness (QED) is 0.727. The van der Waals surface area contributed by atoms with E-state index in [-0.39, 0.29) is 0 Å². The SMILES string of the molecule is CCNCCNCc1ccc2c(c1)OCCO2. The normalized spacial score (nSPS) is 13.7. The van der Waals surface area contributed by atoms with Gasteiger partial charge in [-0.3, -0.25) is 0 Å². The largest absolute Gasteiger partial charge is 0.486 e. The van der Waals surface area contributed by atoms with Crippen LogP contribution >= 0.6 is 0 Å². The summed E-state index contributed by atoms with van der Waals surface area (Å²) in [6.45, 7) is 7.26. The van der Waals surface area contributed by atoms with Crippen LogP contribution in [0.5, 0.6) is 11.5 Å². The van der Waals surface area contributed by atoms with Crippen LogP contribution in [0.15, 0.2) is 18.2 Å². The lowest BCUT2D eigenvalue weighted by atomic mass is 10.2. The van der Waals surface area contributed by atoms with Gasteiger partial charge in [0.15, 0.2) is 11.5 Å². The first-order valence-electron chi connectivity index (χ1n) is 6.20. The van der Waals surface area contributed by atoms with Crippen molar-refractivity contribution in [2.45, 2.75) is 13.5 Å². The predicted octanol–water partition coefficient (Wildman–Crippen LogP) is 1.16. The second-order valence-corrected chi connectivity index (χ2v) is 4.01. The summed E-state index contributed by atoms with van der Waals surface area (Å²) in [4.78, 5) is 0. The molecule has 1 heterocycles. The summed E-state index contributed by atoms with van der Waals surface area (Å²) in [7, 11) is 0. The Balaban J connectivity index is 1.81. The third-order valence-corrected chi connectivity index (χ3v) is 2.66. The molecule has 1 aliphatic heterocycles. The van der Waals surface area contributed by atoms with Crippen molar-refractivity contribution < 1.29 is 9.47 Å². The minimum absolute atomic E-state index is 0.643. The molecule has 2 N–H and O–H groups in total. The highest BCUT2D eigenvalue weighted by Crippen LogP contribution is 2.30. The average Bonchev–Trinajstić information content (AvgIpc) is 2.38. The molecule has 0 radical (unpaired) electrons. The van der Waals surface area contributed by atoms with Crippen LogP contribution in [0, 0.1) is 0 Å². The van der Waals surface area contributed by atoms with Gasteiger partial charge >= 0.3 is 0 Å². The van der Waals surface area contributed by atoms with Crippen molar-refractivity contribution in [1.29, 1.82) is 0 Å². The van der Waals surface area contributed by atoms with E-state index in [4.69, 9.17) is 9.47 Å². The Hall–Kier alpha value is -1.26. The van der Waals surface area contributed by atoms with Crippen molar-refractivity contribution in [1.82, 2.24) is 10.6 Å². The van der Waals surface area contributed by atoms with Gasteiger partial charge in [0.05, 0.1) is 0 Å². The molecular formula is C13H20N2O2. The molecular weight excluding hydrogens is 216 g/mol. The van der Waals surface area contributed by atoms with Gasteiger partial charge in [0.25, 0.3) is 0 Å². The van der Waals surface area contributed by atoms with E-state index in [1.807, 2.05) is 6.07 Å². The van der Waals surface area contributed by atoms with Crippen molar-refractivity contribution >= 4 is 0 Å². The fourth-order valence-electron chi connectivity index (χ4n) is 1.78. The van der Waals surface area contributed by atoms with Gasteiger partial charge in [0, 0.05) is 19.6 Å². The Bertz CT molecular complexity index is 355. The van der Waals surface area contributed by atoms with Gasteiger partial charge in [-0.25, -0.2) is 0 Å². The molecule has 17 heavy (non-hydrogen) atoms. The smallest absolute Gasteiger partial charge is 0.161 e. The average molecular weight is 236 g/mol. The van der Waals surface area contributed by atoms with Crippen molar-refractivity contribution in [3.63, 3.8) is 0 Å². The Kier molecular flexibility index (Phi) is 4.64. The number of benzene rings is 1. The molecule has 4 heteroatoms. The molecule has 94 valence electrons. The predicted molar refractivity (Wildman–Crippen MR) is 67.7 cm³/mol. The zero-order chi connectivity index (χ0) is 11.9. The summed E-state index contributed by atoms with van der Waals surface area (Å²) in [5.41, 5.74) is 1.23. The summed E-state index contributed by atoms with van der Waals surface area (Å²) in [6, 6.07) is 6.11. The van der Waals surface area contributed by atoms with Crippen LogP contribution in [-0.2, 0) is 6.54 Å². The van der Waals surface area contributed by atoms with Crippen molar-refractivity contribution in [3.8, 4) is 11.5 Å². The lowest BCUT2D eigenvalue weighted by Gasteiger charge is -2.19. The molecule has 0 bridgehead atoms. The van der Waals surface area contributed by atoms with Crippen molar-refractivity contribution in [2.75, 3.05) is 32.8 Å².